The van der Waals surface area contributed by atoms with Crippen molar-refractivity contribution in [3.05, 3.63) is 24.0 Å². The van der Waals surface area contributed by atoms with Gasteiger partial charge in [-0.25, -0.2) is 0 Å². The third-order valence-corrected chi connectivity index (χ3v) is 1.69. The van der Waals surface area contributed by atoms with Crippen LogP contribution in [0, 0.1) is 12.3 Å². The molecular weight excluding hydrogens is 150 g/mol. The molecule has 0 amide bonds. The fourth-order valence-electron chi connectivity index (χ4n) is 0.854. The van der Waals surface area contributed by atoms with E-state index in [9.17, 15) is 0 Å². The first kappa shape index (κ1) is 8.61. The van der Waals surface area contributed by atoms with E-state index in [0.717, 1.165) is 11.4 Å². The van der Waals surface area contributed by atoms with E-state index in [4.69, 9.17) is 11.2 Å². The SMILES string of the molecule is C#CC(C)c1ccc(OC)cn1. The molecule has 1 heterocycles. The third kappa shape index (κ3) is 1.76. The lowest BCUT2D eigenvalue weighted by Gasteiger charge is -2.03. The average molecular weight is 161 g/mol. The monoisotopic (exact) mass is 161 g/mol. The summed E-state index contributed by atoms with van der Waals surface area (Å²) in [5.41, 5.74) is 0.901. The summed E-state index contributed by atoms with van der Waals surface area (Å²) in [4.78, 5) is 4.15. The summed E-state index contributed by atoms with van der Waals surface area (Å²) < 4.78 is 4.97. The summed E-state index contributed by atoms with van der Waals surface area (Å²) in [6.45, 7) is 1.94. The Balaban J connectivity index is 2.86. The number of rotatable bonds is 2. The maximum absolute atomic E-state index is 5.25. The Kier molecular flexibility index (Phi) is 2.71. The molecule has 2 heteroatoms. The minimum absolute atomic E-state index is 0.0657. The smallest absolute Gasteiger partial charge is 0.137 e. The van der Waals surface area contributed by atoms with E-state index >= 15 is 0 Å². The number of aromatic nitrogens is 1. The minimum atomic E-state index is 0.0657. The molecule has 1 rings (SSSR count). The largest absolute Gasteiger partial charge is 0.495 e. The topological polar surface area (TPSA) is 22.1 Å². The number of ether oxygens (including phenoxy) is 1. The van der Waals surface area contributed by atoms with Crippen molar-refractivity contribution >= 4 is 0 Å². The molecule has 0 aliphatic heterocycles. The lowest BCUT2D eigenvalue weighted by molar-refractivity contribution is 0.412. The van der Waals surface area contributed by atoms with Crippen molar-refractivity contribution in [3.63, 3.8) is 0 Å². The van der Waals surface area contributed by atoms with Crippen LogP contribution >= 0.6 is 0 Å². The number of hydrogen-bond donors (Lipinski definition) is 0. The molecule has 0 aromatic carbocycles. The van der Waals surface area contributed by atoms with Gasteiger partial charge in [-0.1, -0.05) is 5.92 Å². The van der Waals surface area contributed by atoms with Gasteiger partial charge in [0, 0.05) is 0 Å². The van der Waals surface area contributed by atoms with Crippen LogP contribution in [0.5, 0.6) is 5.75 Å². The Morgan fingerprint density at radius 1 is 1.58 bits per heavy atom. The van der Waals surface area contributed by atoms with Crippen molar-refractivity contribution in [2.24, 2.45) is 0 Å². The number of hydrogen-bond acceptors (Lipinski definition) is 2. The first-order valence-corrected chi connectivity index (χ1v) is 3.74. The molecule has 0 fully saturated rings. The highest BCUT2D eigenvalue weighted by atomic mass is 16.5. The van der Waals surface area contributed by atoms with Crippen LogP contribution in [0.25, 0.3) is 0 Å². The van der Waals surface area contributed by atoms with Gasteiger partial charge in [0.15, 0.2) is 0 Å². The van der Waals surface area contributed by atoms with Crippen LogP contribution in [0.1, 0.15) is 18.5 Å². The molecule has 0 saturated heterocycles. The highest BCUT2D eigenvalue weighted by Gasteiger charge is 2.01. The first-order chi connectivity index (χ1) is 5.77. The Bertz CT molecular complexity index is 284. The molecule has 1 aromatic rings. The van der Waals surface area contributed by atoms with Gasteiger partial charge in [-0.3, -0.25) is 4.98 Å². The molecule has 1 unspecified atom stereocenters. The predicted octanol–water partition coefficient (Wildman–Crippen LogP) is 1.83. The van der Waals surface area contributed by atoms with E-state index in [1.54, 1.807) is 13.3 Å². The number of terminal acetylenes is 1. The van der Waals surface area contributed by atoms with E-state index < -0.39 is 0 Å². The average Bonchev–Trinajstić information content (AvgIpc) is 2.17. The van der Waals surface area contributed by atoms with Gasteiger partial charge < -0.3 is 4.74 Å². The highest BCUT2D eigenvalue weighted by Crippen LogP contribution is 2.14. The Morgan fingerprint density at radius 3 is 2.75 bits per heavy atom. The summed E-state index contributed by atoms with van der Waals surface area (Å²) in [6.07, 6.45) is 6.92. The molecule has 2 nitrogen and oxygen atoms in total. The van der Waals surface area contributed by atoms with E-state index in [0.29, 0.717) is 0 Å². The van der Waals surface area contributed by atoms with Crippen LogP contribution < -0.4 is 4.74 Å². The Morgan fingerprint density at radius 2 is 2.33 bits per heavy atom. The maximum Gasteiger partial charge on any atom is 0.137 e. The van der Waals surface area contributed by atoms with Gasteiger partial charge in [0.1, 0.15) is 5.75 Å². The Labute approximate surface area is 72.6 Å². The third-order valence-electron chi connectivity index (χ3n) is 1.69. The Hall–Kier alpha value is -1.49. The lowest BCUT2D eigenvalue weighted by Crippen LogP contribution is -1.93. The van der Waals surface area contributed by atoms with Gasteiger partial charge >= 0.3 is 0 Å². The van der Waals surface area contributed by atoms with Crippen molar-refractivity contribution < 1.29 is 4.74 Å². The van der Waals surface area contributed by atoms with Crippen molar-refractivity contribution in [3.8, 4) is 18.1 Å². The van der Waals surface area contributed by atoms with Crippen molar-refractivity contribution in [1.29, 1.82) is 0 Å². The van der Waals surface area contributed by atoms with E-state index in [-0.39, 0.29) is 5.92 Å². The van der Waals surface area contributed by atoms with E-state index in [1.165, 1.54) is 0 Å². The zero-order valence-corrected chi connectivity index (χ0v) is 7.24. The van der Waals surface area contributed by atoms with Crippen LogP contribution in [-0.4, -0.2) is 12.1 Å². The minimum Gasteiger partial charge on any atom is -0.495 e. The zero-order valence-electron chi connectivity index (χ0n) is 7.24. The fraction of sp³-hybridized carbons (Fsp3) is 0.300. The molecule has 62 valence electrons. The highest BCUT2D eigenvalue weighted by molar-refractivity contribution is 5.24. The van der Waals surface area contributed by atoms with Gasteiger partial charge in [-0.05, 0) is 19.1 Å². The van der Waals surface area contributed by atoms with Gasteiger partial charge in [0.25, 0.3) is 0 Å². The second-order valence-electron chi connectivity index (χ2n) is 2.51. The summed E-state index contributed by atoms with van der Waals surface area (Å²) in [6, 6.07) is 3.74. The van der Waals surface area contributed by atoms with Gasteiger partial charge in [0.05, 0.1) is 24.9 Å². The van der Waals surface area contributed by atoms with Crippen LogP contribution in [0.2, 0.25) is 0 Å². The predicted molar refractivity (Wildman–Crippen MR) is 48.0 cm³/mol. The molecule has 0 bridgehead atoms. The van der Waals surface area contributed by atoms with E-state index in [2.05, 4.69) is 10.9 Å². The number of nitrogens with zero attached hydrogens (tertiary/aromatic N) is 1. The van der Waals surface area contributed by atoms with Crippen LogP contribution in [0.4, 0.5) is 0 Å². The second kappa shape index (κ2) is 3.77. The summed E-state index contributed by atoms with van der Waals surface area (Å²) in [5, 5.41) is 0. The molecule has 0 spiro atoms. The molecule has 1 atom stereocenters. The molecule has 1 aromatic heterocycles. The molecule has 0 N–H and O–H groups in total. The van der Waals surface area contributed by atoms with Gasteiger partial charge in [0.2, 0.25) is 0 Å². The van der Waals surface area contributed by atoms with Crippen LogP contribution in [0.3, 0.4) is 0 Å². The van der Waals surface area contributed by atoms with Crippen LogP contribution in [0.15, 0.2) is 18.3 Å². The quantitative estimate of drug-likeness (QED) is 0.617. The lowest BCUT2D eigenvalue weighted by atomic mass is 10.1. The van der Waals surface area contributed by atoms with Gasteiger partial charge in [-0.15, -0.1) is 6.42 Å². The zero-order chi connectivity index (χ0) is 8.97. The van der Waals surface area contributed by atoms with E-state index in [1.807, 2.05) is 19.1 Å². The van der Waals surface area contributed by atoms with Gasteiger partial charge in [-0.2, -0.15) is 0 Å². The molecule has 0 aliphatic rings. The summed E-state index contributed by atoms with van der Waals surface area (Å²) in [5.74, 6) is 3.43. The summed E-state index contributed by atoms with van der Waals surface area (Å²) >= 11 is 0. The summed E-state index contributed by atoms with van der Waals surface area (Å²) in [7, 11) is 1.61. The number of pyridine rings is 1. The van der Waals surface area contributed by atoms with Crippen molar-refractivity contribution in [2.75, 3.05) is 7.11 Å². The molecular formula is C10H11NO. The molecule has 0 saturated carbocycles. The van der Waals surface area contributed by atoms with Crippen molar-refractivity contribution in [1.82, 2.24) is 4.98 Å². The fourth-order valence-corrected chi connectivity index (χ4v) is 0.854. The maximum atomic E-state index is 5.25. The normalized spacial score (nSPS) is 11.8. The number of methoxy groups -OCH3 is 1. The first-order valence-electron chi connectivity index (χ1n) is 3.74. The standard InChI is InChI=1S/C10H11NO/c1-4-8(2)10-6-5-9(12-3)7-11-10/h1,5-8H,2-3H3. The second-order valence-corrected chi connectivity index (χ2v) is 2.51. The van der Waals surface area contributed by atoms with Crippen molar-refractivity contribution in [2.45, 2.75) is 12.8 Å². The molecule has 12 heavy (non-hydrogen) atoms. The van der Waals surface area contributed by atoms with Crippen LogP contribution in [-0.2, 0) is 0 Å². The molecule has 0 aliphatic carbocycles. The molecule has 0 radical (unpaired) electrons.